The van der Waals surface area contributed by atoms with Crippen molar-refractivity contribution in [1.82, 2.24) is 4.90 Å². The van der Waals surface area contributed by atoms with Gasteiger partial charge < -0.3 is 4.90 Å². The van der Waals surface area contributed by atoms with Crippen molar-refractivity contribution in [2.75, 3.05) is 13.1 Å². The van der Waals surface area contributed by atoms with Crippen LogP contribution in [0.2, 0.25) is 0 Å². The van der Waals surface area contributed by atoms with E-state index >= 15 is 0 Å². The van der Waals surface area contributed by atoms with Gasteiger partial charge in [-0.15, -0.1) is 17.8 Å². The molecule has 0 spiro atoms. The van der Waals surface area contributed by atoms with E-state index in [-0.39, 0.29) is 5.91 Å². The highest BCUT2D eigenvalue weighted by molar-refractivity contribution is 9.11. The first-order valence-corrected chi connectivity index (χ1v) is 6.84. The summed E-state index contributed by atoms with van der Waals surface area (Å²) in [5.41, 5.74) is 0.729. The molecule has 1 aliphatic rings. The van der Waals surface area contributed by atoms with Crippen LogP contribution in [0.3, 0.4) is 0 Å². The Morgan fingerprint density at radius 2 is 2.44 bits per heavy atom. The molecule has 0 bridgehead atoms. The van der Waals surface area contributed by atoms with E-state index in [1.165, 1.54) is 24.2 Å². The van der Waals surface area contributed by atoms with Crippen LogP contribution in [0, 0.1) is 18.3 Å². The highest BCUT2D eigenvalue weighted by atomic mass is 79.9. The van der Waals surface area contributed by atoms with Crippen LogP contribution in [-0.2, 0) is 0 Å². The lowest BCUT2D eigenvalue weighted by atomic mass is 10.2. The summed E-state index contributed by atoms with van der Waals surface area (Å²) in [6.45, 7) is 1.21. The Labute approximate surface area is 108 Å². The predicted molar refractivity (Wildman–Crippen MR) is 69.5 cm³/mol. The summed E-state index contributed by atoms with van der Waals surface area (Å²) < 4.78 is 0.975. The fourth-order valence-corrected chi connectivity index (χ4v) is 2.68. The van der Waals surface area contributed by atoms with Gasteiger partial charge in [-0.3, -0.25) is 4.79 Å². The SMILES string of the molecule is C#CCN(CC1CC1)C(=O)c1csc(Br)c1. The van der Waals surface area contributed by atoms with Crippen LogP contribution in [-0.4, -0.2) is 23.9 Å². The zero-order valence-electron chi connectivity index (χ0n) is 8.78. The number of nitrogens with zero attached hydrogens (tertiary/aromatic N) is 1. The van der Waals surface area contributed by atoms with Gasteiger partial charge in [0.2, 0.25) is 0 Å². The van der Waals surface area contributed by atoms with E-state index in [0.717, 1.165) is 15.9 Å². The van der Waals surface area contributed by atoms with Crippen molar-refractivity contribution in [2.45, 2.75) is 12.8 Å². The lowest BCUT2D eigenvalue weighted by Gasteiger charge is -2.19. The molecule has 0 unspecified atom stereocenters. The molecular formula is C12H12BrNOS. The van der Waals surface area contributed by atoms with E-state index in [2.05, 4.69) is 21.9 Å². The van der Waals surface area contributed by atoms with Crippen LogP contribution in [0.5, 0.6) is 0 Å². The van der Waals surface area contributed by atoms with Crippen molar-refractivity contribution in [3.63, 3.8) is 0 Å². The molecule has 1 aliphatic carbocycles. The molecule has 1 aromatic rings. The predicted octanol–water partition coefficient (Wildman–Crippen LogP) is 3.00. The number of hydrogen-bond acceptors (Lipinski definition) is 2. The highest BCUT2D eigenvalue weighted by Crippen LogP contribution is 2.30. The monoisotopic (exact) mass is 297 g/mol. The fourth-order valence-electron chi connectivity index (χ4n) is 1.55. The second-order valence-electron chi connectivity index (χ2n) is 3.97. The van der Waals surface area contributed by atoms with E-state index in [9.17, 15) is 4.79 Å². The third kappa shape index (κ3) is 2.87. The van der Waals surface area contributed by atoms with Crippen molar-refractivity contribution < 1.29 is 4.79 Å². The summed E-state index contributed by atoms with van der Waals surface area (Å²) in [6, 6.07) is 1.85. The minimum absolute atomic E-state index is 0.0480. The Morgan fingerprint density at radius 1 is 1.69 bits per heavy atom. The molecule has 84 valence electrons. The third-order valence-electron chi connectivity index (χ3n) is 2.56. The Balaban J connectivity index is 2.06. The number of terminal acetylenes is 1. The van der Waals surface area contributed by atoms with Crippen molar-refractivity contribution in [1.29, 1.82) is 0 Å². The quantitative estimate of drug-likeness (QED) is 0.783. The van der Waals surface area contributed by atoms with Crippen LogP contribution >= 0.6 is 27.3 Å². The van der Waals surface area contributed by atoms with Gasteiger partial charge in [-0.25, -0.2) is 0 Å². The molecule has 0 aliphatic heterocycles. The average molecular weight is 298 g/mol. The number of thiophene rings is 1. The molecule has 1 aromatic heterocycles. The first kappa shape index (κ1) is 11.7. The maximum Gasteiger partial charge on any atom is 0.255 e. The van der Waals surface area contributed by atoms with Crippen LogP contribution < -0.4 is 0 Å². The largest absolute Gasteiger partial charge is 0.327 e. The molecule has 4 heteroatoms. The first-order valence-electron chi connectivity index (χ1n) is 5.17. The van der Waals surface area contributed by atoms with Gasteiger partial charge in [0, 0.05) is 11.9 Å². The van der Waals surface area contributed by atoms with Gasteiger partial charge in [0.1, 0.15) is 0 Å². The second-order valence-corrected chi connectivity index (χ2v) is 6.26. The molecule has 1 amide bonds. The van der Waals surface area contributed by atoms with Gasteiger partial charge in [-0.05, 0) is 40.8 Å². The standard InChI is InChI=1S/C12H12BrNOS/c1-2-5-14(7-9-3-4-9)12(15)10-6-11(13)16-8-10/h1,6,8-9H,3-5,7H2. The van der Waals surface area contributed by atoms with Crippen LogP contribution in [0.1, 0.15) is 23.2 Å². The fraction of sp³-hybridized carbons (Fsp3) is 0.417. The van der Waals surface area contributed by atoms with Crippen molar-refractivity contribution in [3.8, 4) is 12.3 Å². The second kappa shape index (κ2) is 5.03. The molecule has 2 nitrogen and oxygen atoms in total. The lowest BCUT2D eigenvalue weighted by molar-refractivity contribution is 0.0770. The number of carbonyl (C=O) groups is 1. The van der Waals surface area contributed by atoms with E-state index < -0.39 is 0 Å². The maximum absolute atomic E-state index is 12.1. The molecule has 0 saturated heterocycles. The number of carbonyl (C=O) groups excluding carboxylic acids is 1. The number of rotatable bonds is 4. The van der Waals surface area contributed by atoms with E-state index in [1.54, 1.807) is 4.90 Å². The maximum atomic E-state index is 12.1. The molecular weight excluding hydrogens is 286 g/mol. The van der Waals surface area contributed by atoms with Gasteiger partial charge in [-0.2, -0.15) is 0 Å². The molecule has 0 N–H and O–H groups in total. The number of halogens is 1. The Bertz CT molecular complexity index is 430. The number of amides is 1. The Kier molecular flexibility index (Phi) is 3.67. The van der Waals surface area contributed by atoms with Gasteiger partial charge >= 0.3 is 0 Å². The van der Waals surface area contributed by atoms with Crippen molar-refractivity contribution in [3.05, 3.63) is 20.8 Å². The molecule has 0 radical (unpaired) electrons. The summed E-state index contributed by atoms with van der Waals surface area (Å²) in [4.78, 5) is 13.9. The van der Waals surface area contributed by atoms with E-state index in [1.807, 2.05) is 11.4 Å². The lowest BCUT2D eigenvalue weighted by Crippen LogP contribution is -2.33. The third-order valence-corrected chi connectivity index (χ3v) is 4.06. The molecule has 16 heavy (non-hydrogen) atoms. The summed E-state index contributed by atoms with van der Waals surface area (Å²) >= 11 is 4.88. The minimum Gasteiger partial charge on any atom is -0.327 e. The molecule has 0 atom stereocenters. The van der Waals surface area contributed by atoms with Gasteiger partial charge in [-0.1, -0.05) is 5.92 Å². The molecule has 0 aromatic carbocycles. The normalized spacial score (nSPS) is 14.5. The van der Waals surface area contributed by atoms with Crippen LogP contribution in [0.4, 0.5) is 0 Å². The van der Waals surface area contributed by atoms with Crippen LogP contribution in [0.15, 0.2) is 15.2 Å². The zero-order valence-corrected chi connectivity index (χ0v) is 11.2. The Hall–Kier alpha value is -0.790. The van der Waals surface area contributed by atoms with Crippen molar-refractivity contribution in [2.24, 2.45) is 5.92 Å². The Morgan fingerprint density at radius 3 is 2.94 bits per heavy atom. The van der Waals surface area contributed by atoms with Gasteiger partial charge in [0.15, 0.2) is 0 Å². The first-order chi connectivity index (χ1) is 7.70. The summed E-state index contributed by atoms with van der Waals surface area (Å²) in [5, 5.41) is 1.86. The molecule has 1 saturated carbocycles. The van der Waals surface area contributed by atoms with Gasteiger partial charge in [0.25, 0.3) is 5.91 Å². The number of hydrogen-bond donors (Lipinski definition) is 0. The summed E-state index contributed by atoms with van der Waals surface area (Å²) in [7, 11) is 0. The summed E-state index contributed by atoms with van der Waals surface area (Å²) in [6.07, 6.45) is 7.74. The molecule has 1 heterocycles. The average Bonchev–Trinajstić information content (AvgIpc) is 2.97. The van der Waals surface area contributed by atoms with E-state index in [4.69, 9.17) is 6.42 Å². The zero-order chi connectivity index (χ0) is 11.5. The minimum atomic E-state index is 0.0480. The topological polar surface area (TPSA) is 20.3 Å². The molecule has 1 fully saturated rings. The van der Waals surface area contributed by atoms with Crippen molar-refractivity contribution >= 4 is 33.2 Å². The summed E-state index contributed by atoms with van der Waals surface area (Å²) in [5.74, 6) is 3.27. The van der Waals surface area contributed by atoms with E-state index in [0.29, 0.717) is 12.5 Å². The highest BCUT2D eigenvalue weighted by Gasteiger charge is 2.27. The molecule has 2 rings (SSSR count). The van der Waals surface area contributed by atoms with Gasteiger partial charge in [0.05, 0.1) is 15.9 Å². The smallest absolute Gasteiger partial charge is 0.255 e. The van der Waals surface area contributed by atoms with Crippen LogP contribution in [0.25, 0.3) is 0 Å².